The third-order valence-electron chi connectivity index (χ3n) is 5.87. The maximum atomic E-state index is 9.68. The molecular formula is C26H38O5P2. The van der Waals surface area contributed by atoms with Gasteiger partial charge >= 0.3 is 17.2 Å². The zero-order valence-corrected chi connectivity index (χ0v) is 23.1. The highest BCUT2D eigenvalue weighted by molar-refractivity contribution is 7.55. The maximum absolute atomic E-state index is 9.68. The van der Waals surface area contributed by atoms with Crippen LogP contribution in [0.2, 0.25) is 0 Å². The first kappa shape index (κ1) is 26.4. The van der Waals surface area contributed by atoms with Crippen molar-refractivity contribution in [1.82, 2.24) is 0 Å². The molecule has 7 heteroatoms. The number of benzene rings is 2. The van der Waals surface area contributed by atoms with Crippen LogP contribution in [0.4, 0.5) is 0 Å². The van der Waals surface area contributed by atoms with E-state index >= 15 is 0 Å². The summed E-state index contributed by atoms with van der Waals surface area (Å²) >= 11 is 0. The average Bonchev–Trinajstić information content (AvgIpc) is 2.61. The first-order chi connectivity index (χ1) is 15.2. The van der Waals surface area contributed by atoms with Crippen LogP contribution in [0, 0.1) is 13.8 Å². The topological polar surface area (TPSA) is 68.2 Å². The van der Waals surface area contributed by atoms with E-state index in [2.05, 4.69) is 74.4 Å². The van der Waals surface area contributed by atoms with Gasteiger partial charge in [-0.2, -0.15) is 0 Å². The van der Waals surface area contributed by atoms with E-state index in [1.807, 2.05) is 12.1 Å². The standard InChI is InChI=1S/C26H38O5P2/c1-10-11-18-19-12-16(2)14-21(23(19)25(4,5)6)29-33(31-32(27)28)30-22-15-17(3)13-20(18)24(22)26(7,8)9/h12-15,18,27-28H,10-11H2,1-9H3. The highest BCUT2D eigenvalue weighted by Crippen LogP contribution is 2.56. The smallest absolute Gasteiger partial charge is 0.417 e. The van der Waals surface area contributed by atoms with Gasteiger partial charge in [-0.25, -0.2) is 4.31 Å². The molecule has 182 valence electrons. The molecule has 3 rings (SSSR count). The molecule has 5 nitrogen and oxygen atoms in total. The van der Waals surface area contributed by atoms with Crippen molar-refractivity contribution in [2.45, 2.75) is 91.9 Å². The van der Waals surface area contributed by atoms with E-state index in [0.29, 0.717) is 11.5 Å². The van der Waals surface area contributed by atoms with Crippen LogP contribution in [-0.2, 0) is 15.1 Å². The molecule has 1 aliphatic rings. The highest BCUT2D eigenvalue weighted by atomic mass is 31.2. The lowest BCUT2D eigenvalue weighted by Crippen LogP contribution is -2.23. The molecule has 0 unspecified atom stereocenters. The molecule has 0 saturated heterocycles. The van der Waals surface area contributed by atoms with Crippen molar-refractivity contribution in [2.75, 3.05) is 0 Å². The second-order valence-electron chi connectivity index (χ2n) is 11.0. The first-order valence-corrected chi connectivity index (χ1v) is 13.8. The minimum absolute atomic E-state index is 0.181. The molecule has 33 heavy (non-hydrogen) atoms. The molecule has 0 saturated carbocycles. The van der Waals surface area contributed by atoms with Crippen molar-refractivity contribution in [3.05, 3.63) is 57.6 Å². The summed E-state index contributed by atoms with van der Waals surface area (Å²) in [5.74, 6) is 1.54. The Hall–Kier alpha value is -1.22. The molecule has 0 amide bonds. The maximum Gasteiger partial charge on any atom is 0.470 e. The zero-order chi connectivity index (χ0) is 24.7. The van der Waals surface area contributed by atoms with Gasteiger partial charge in [0.05, 0.1) is 0 Å². The van der Waals surface area contributed by atoms with Gasteiger partial charge in [0.2, 0.25) is 0 Å². The quantitative estimate of drug-likeness (QED) is 0.423. The van der Waals surface area contributed by atoms with Crippen LogP contribution in [0.25, 0.3) is 0 Å². The molecule has 2 aromatic rings. The van der Waals surface area contributed by atoms with Crippen LogP contribution in [-0.4, -0.2) is 9.79 Å². The largest absolute Gasteiger partial charge is 0.470 e. The van der Waals surface area contributed by atoms with E-state index in [4.69, 9.17) is 13.4 Å². The second-order valence-corrected chi connectivity index (χ2v) is 13.0. The Morgan fingerprint density at radius 3 is 1.61 bits per heavy atom. The molecule has 4 bridgehead atoms. The number of hydrogen-bond acceptors (Lipinski definition) is 5. The van der Waals surface area contributed by atoms with E-state index in [1.165, 1.54) is 11.1 Å². The number of rotatable bonds is 4. The van der Waals surface area contributed by atoms with Crippen molar-refractivity contribution in [3.63, 3.8) is 0 Å². The van der Waals surface area contributed by atoms with Gasteiger partial charge in [-0.3, -0.25) is 0 Å². The molecule has 0 atom stereocenters. The Morgan fingerprint density at radius 2 is 1.27 bits per heavy atom. The molecule has 2 aromatic carbocycles. The Morgan fingerprint density at radius 1 is 0.848 bits per heavy atom. The lowest BCUT2D eigenvalue weighted by Gasteiger charge is -2.36. The van der Waals surface area contributed by atoms with Crippen molar-refractivity contribution in [2.24, 2.45) is 0 Å². The fourth-order valence-corrected chi connectivity index (χ4v) is 6.29. The van der Waals surface area contributed by atoms with Gasteiger partial charge in [0.25, 0.3) is 0 Å². The van der Waals surface area contributed by atoms with Gasteiger partial charge < -0.3 is 18.8 Å². The molecule has 1 aliphatic heterocycles. The molecule has 2 N–H and O–H groups in total. The number of hydrogen-bond donors (Lipinski definition) is 2. The molecule has 0 aromatic heterocycles. The van der Waals surface area contributed by atoms with Crippen LogP contribution in [0.5, 0.6) is 11.5 Å². The van der Waals surface area contributed by atoms with Crippen molar-refractivity contribution in [3.8, 4) is 11.5 Å². The number of aryl methyl sites for hydroxylation is 2. The summed E-state index contributed by atoms with van der Waals surface area (Å²) in [4.78, 5) is 19.4. The SMILES string of the molecule is CCCC1c2cc(C)cc(c2C(C)(C)C)OP(OP(O)O)Oc2cc(C)cc1c2C(C)(C)C. The summed E-state index contributed by atoms with van der Waals surface area (Å²) in [5, 5.41) is 0. The van der Waals surface area contributed by atoms with Crippen LogP contribution in [0.1, 0.15) is 101 Å². The van der Waals surface area contributed by atoms with Crippen molar-refractivity contribution < 1.29 is 23.1 Å². The fourth-order valence-electron chi connectivity index (χ4n) is 4.90. The van der Waals surface area contributed by atoms with Gasteiger partial charge in [-0.15, -0.1) is 0 Å². The summed E-state index contributed by atoms with van der Waals surface area (Å²) in [6.45, 7) is 19.5. The van der Waals surface area contributed by atoms with E-state index in [0.717, 1.165) is 35.1 Å². The van der Waals surface area contributed by atoms with Gasteiger partial charge in [0.1, 0.15) is 11.5 Å². The van der Waals surface area contributed by atoms with E-state index < -0.39 is 17.2 Å². The second kappa shape index (κ2) is 9.80. The minimum Gasteiger partial charge on any atom is -0.417 e. The van der Waals surface area contributed by atoms with Gasteiger partial charge in [-0.05, 0) is 65.5 Å². The molecule has 0 spiro atoms. The third-order valence-corrected chi connectivity index (χ3v) is 7.68. The first-order valence-electron chi connectivity index (χ1n) is 11.5. The number of fused-ring (bicyclic) bond motifs is 4. The molecule has 0 radical (unpaired) electrons. The zero-order valence-electron chi connectivity index (χ0n) is 21.3. The Bertz CT molecular complexity index is 932. The molecule has 0 fully saturated rings. The normalized spacial score (nSPS) is 18.7. The molecule has 0 aliphatic carbocycles. The third kappa shape index (κ3) is 5.89. The summed E-state index contributed by atoms with van der Waals surface area (Å²) < 4.78 is 18.1. The monoisotopic (exact) mass is 492 g/mol. The summed E-state index contributed by atoms with van der Waals surface area (Å²) in [5.41, 5.74) is 6.49. The fraction of sp³-hybridized carbons (Fsp3) is 0.538. The average molecular weight is 493 g/mol. The van der Waals surface area contributed by atoms with Crippen LogP contribution in [0.15, 0.2) is 24.3 Å². The summed E-state index contributed by atoms with van der Waals surface area (Å²) in [7, 11) is -4.73. The predicted octanol–water partition coefficient (Wildman–Crippen LogP) is 8.06. The van der Waals surface area contributed by atoms with Gasteiger partial charge in [0, 0.05) is 17.0 Å². The Kier molecular flexibility index (Phi) is 7.83. The molecule has 1 heterocycles. The lowest BCUT2D eigenvalue weighted by molar-refractivity contribution is 0.327. The van der Waals surface area contributed by atoms with Gasteiger partial charge in [0.15, 0.2) is 0 Å². The van der Waals surface area contributed by atoms with Crippen molar-refractivity contribution >= 4 is 17.2 Å². The van der Waals surface area contributed by atoms with Crippen molar-refractivity contribution in [1.29, 1.82) is 0 Å². The predicted molar refractivity (Wildman–Crippen MR) is 137 cm³/mol. The van der Waals surface area contributed by atoms with E-state index in [1.54, 1.807) is 0 Å². The van der Waals surface area contributed by atoms with Crippen LogP contribution >= 0.6 is 17.2 Å². The van der Waals surface area contributed by atoms with Crippen LogP contribution < -0.4 is 9.05 Å². The van der Waals surface area contributed by atoms with Gasteiger partial charge in [-0.1, -0.05) is 67.0 Å². The van der Waals surface area contributed by atoms with E-state index in [-0.39, 0.29) is 16.7 Å². The Labute approximate surface area is 201 Å². The molecular weight excluding hydrogens is 454 g/mol. The van der Waals surface area contributed by atoms with E-state index in [9.17, 15) is 9.79 Å². The summed E-state index contributed by atoms with van der Waals surface area (Å²) in [6, 6.07) is 8.58. The summed E-state index contributed by atoms with van der Waals surface area (Å²) in [6.07, 6.45) is 2.04. The minimum atomic E-state index is -2.65. The lowest BCUT2D eigenvalue weighted by atomic mass is 9.72. The Balaban J connectivity index is 2.47. The van der Waals surface area contributed by atoms with Crippen LogP contribution in [0.3, 0.4) is 0 Å². The highest BCUT2D eigenvalue weighted by Gasteiger charge is 2.36.